The number of aliphatic hydroxyl groups excluding tert-OH is 2. The topological polar surface area (TPSA) is 60.7 Å². The average molecular weight is 178 g/mol. The van der Waals surface area contributed by atoms with Gasteiger partial charge in [-0.2, -0.15) is 0 Å². The van der Waals surface area contributed by atoms with E-state index < -0.39 is 12.2 Å². The van der Waals surface area contributed by atoms with Crippen molar-refractivity contribution in [2.45, 2.75) is 12.2 Å². The van der Waals surface area contributed by atoms with Crippen molar-refractivity contribution in [1.82, 2.24) is 0 Å². The molecule has 2 atom stereocenters. The zero-order valence-electron chi connectivity index (χ0n) is 6.88. The van der Waals surface area contributed by atoms with E-state index in [0.29, 0.717) is 5.56 Å². The highest BCUT2D eigenvalue weighted by Crippen LogP contribution is 2.30. The van der Waals surface area contributed by atoms with Crippen LogP contribution in [0.15, 0.2) is 24.3 Å². The normalized spacial score (nSPS) is 25.7. The van der Waals surface area contributed by atoms with Crippen LogP contribution in [0.3, 0.4) is 0 Å². The van der Waals surface area contributed by atoms with Crippen LogP contribution in [0.5, 0.6) is 5.75 Å². The van der Waals surface area contributed by atoms with Gasteiger partial charge in [-0.25, -0.2) is 0 Å². The van der Waals surface area contributed by atoms with Gasteiger partial charge in [0.1, 0.15) is 18.0 Å². The molecule has 1 aliphatic carbocycles. The average Bonchev–Trinajstić information content (AvgIpc) is 2.12. The Kier molecular flexibility index (Phi) is 1.83. The molecule has 2 unspecified atom stereocenters. The summed E-state index contributed by atoms with van der Waals surface area (Å²) in [6, 6.07) is 4.66. The van der Waals surface area contributed by atoms with Crippen molar-refractivity contribution in [2.24, 2.45) is 0 Å². The van der Waals surface area contributed by atoms with E-state index in [4.69, 9.17) is 5.11 Å². The van der Waals surface area contributed by atoms with Gasteiger partial charge in [0.15, 0.2) is 0 Å². The lowest BCUT2D eigenvalue weighted by Crippen LogP contribution is -2.19. The summed E-state index contributed by atoms with van der Waals surface area (Å²) in [6.07, 6.45) is 1.46. The van der Waals surface area contributed by atoms with Gasteiger partial charge in [0.05, 0.1) is 0 Å². The molecule has 3 nitrogen and oxygen atoms in total. The maximum atomic E-state index is 9.54. The van der Waals surface area contributed by atoms with Gasteiger partial charge >= 0.3 is 0 Å². The van der Waals surface area contributed by atoms with Crippen LogP contribution in [0, 0.1) is 0 Å². The van der Waals surface area contributed by atoms with E-state index >= 15 is 0 Å². The molecule has 1 aromatic carbocycles. The summed E-state index contributed by atoms with van der Waals surface area (Å²) in [5.41, 5.74) is 1.39. The fourth-order valence-electron chi connectivity index (χ4n) is 1.47. The highest BCUT2D eigenvalue weighted by atomic mass is 16.3. The molecular weight excluding hydrogens is 168 g/mol. The molecule has 1 aromatic rings. The highest BCUT2D eigenvalue weighted by molar-refractivity contribution is 5.60. The van der Waals surface area contributed by atoms with Gasteiger partial charge < -0.3 is 15.3 Å². The third-order valence-corrected chi connectivity index (χ3v) is 2.19. The molecule has 3 heteroatoms. The second-order valence-corrected chi connectivity index (χ2v) is 3.11. The van der Waals surface area contributed by atoms with E-state index in [-0.39, 0.29) is 5.75 Å². The number of aromatic hydroxyl groups is 1. The molecule has 0 spiro atoms. The van der Waals surface area contributed by atoms with Gasteiger partial charge in [-0.05, 0) is 23.3 Å². The predicted molar refractivity (Wildman–Crippen MR) is 48.1 cm³/mol. The van der Waals surface area contributed by atoms with E-state index in [9.17, 15) is 10.2 Å². The summed E-state index contributed by atoms with van der Waals surface area (Å²) in [6.45, 7) is 0. The summed E-state index contributed by atoms with van der Waals surface area (Å²) in [5.74, 6) is 0.159. The molecule has 0 heterocycles. The molecule has 0 aromatic heterocycles. The Labute approximate surface area is 75.6 Å². The minimum absolute atomic E-state index is 0.159. The number of hydrogen-bond acceptors (Lipinski definition) is 3. The van der Waals surface area contributed by atoms with Crippen molar-refractivity contribution in [2.75, 3.05) is 0 Å². The van der Waals surface area contributed by atoms with Crippen molar-refractivity contribution in [3.05, 3.63) is 35.4 Å². The molecular formula is C10H10O3. The second kappa shape index (κ2) is 2.87. The van der Waals surface area contributed by atoms with Crippen LogP contribution >= 0.6 is 0 Å². The van der Waals surface area contributed by atoms with Crippen molar-refractivity contribution >= 4 is 6.08 Å². The number of hydrogen-bond donors (Lipinski definition) is 3. The lowest BCUT2D eigenvalue weighted by molar-refractivity contribution is 0.0470. The molecule has 2 rings (SSSR count). The Morgan fingerprint density at radius 2 is 1.92 bits per heavy atom. The molecule has 0 amide bonds. The monoisotopic (exact) mass is 178 g/mol. The zero-order valence-corrected chi connectivity index (χ0v) is 6.88. The summed E-state index contributed by atoms with van der Waals surface area (Å²) in [7, 11) is 0. The van der Waals surface area contributed by atoms with Crippen LogP contribution in [0.2, 0.25) is 0 Å². The lowest BCUT2D eigenvalue weighted by atomic mass is 9.93. The van der Waals surface area contributed by atoms with E-state index in [0.717, 1.165) is 5.56 Å². The number of phenolic OH excluding ortho intramolecular Hbond substituents is 1. The third-order valence-electron chi connectivity index (χ3n) is 2.19. The molecule has 68 valence electrons. The van der Waals surface area contributed by atoms with E-state index in [2.05, 4.69) is 0 Å². The first-order chi connectivity index (χ1) is 6.18. The van der Waals surface area contributed by atoms with Gasteiger partial charge in [0.25, 0.3) is 0 Å². The van der Waals surface area contributed by atoms with Crippen LogP contribution < -0.4 is 0 Å². The van der Waals surface area contributed by atoms with E-state index in [1.807, 2.05) is 0 Å². The zero-order chi connectivity index (χ0) is 9.42. The lowest BCUT2D eigenvalue weighted by Gasteiger charge is -2.21. The first-order valence-electron chi connectivity index (χ1n) is 4.06. The van der Waals surface area contributed by atoms with Gasteiger partial charge in [0, 0.05) is 0 Å². The molecule has 13 heavy (non-hydrogen) atoms. The van der Waals surface area contributed by atoms with Crippen molar-refractivity contribution in [1.29, 1.82) is 0 Å². The van der Waals surface area contributed by atoms with Crippen LogP contribution in [0.1, 0.15) is 17.2 Å². The number of aliphatic hydroxyl groups is 2. The molecule has 0 fully saturated rings. The molecule has 0 aliphatic heterocycles. The summed E-state index contributed by atoms with van der Waals surface area (Å²) in [5, 5.41) is 28.0. The van der Waals surface area contributed by atoms with Crippen molar-refractivity contribution in [3.63, 3.8) is 0 Å². The first kappa shape index (κ1) is 8.29. The molecule has 0 radical (unpaired) electrons. The Morgan fingerprint density at radius 1 is 1.15 bits per heavy atom. The molecule has 0 saturated heterocycles. The largest absolute Gasteiger partial charge is 0.508 e. The van der Waals surface area contributed by atoms with Gasteiger partial charge in [-0.3, -0.25) is 0 Å². The maximum absolute atomic E-state index is 9.54. The molecule has 0 saturated carbocycles. The van der Waals surface area contributed by atoms with E-state index in [1.54, 1.807) is 18.2 Å². The van der Waals surface area contributed by atoms with E-state index in [1.165, 1.54) is 12.1 Å². The smallest absolute Gasteiger partial charge is 0.116 e. The predicted octanol–water partition coefficient (Wildman–Crippen LogP) is 0.813. The van der Waals surface area contributed by atoms with Crippen LogP contribution in [0.25, 0.3) is 6.08 Å². The maximum Gasteiger partial charge on any atom is 0.116 e. The number of fused-ring (bicyclic) bond motifs is 1. The van der Waals surface area contributed by atoms with Crippen molar-refractivity contribution < 1.29 is 15.3 Å². The Morgan fingerprint density at radius 3 is 2.69 bits per heavy atom. The van der Waals surface area contributed by atoms with Crippen LogP contribution in [-0.4, -0.2) is 21.4 Å². The quantitative estimate of drug-likeness (QED) is 0.551. The fourth-order valence-corrected chi connectivity index (χ4v) is 1.47. The van der Waals surface area contributed by atoms with Crippen LogP contribution in [-0.2, 0) is 0 Å². The molecule has 3 N–H and O–H groups in total. The fraction of sp³-hybridized carbons (Fsp3) is 0.200. The summed E-state index contributed by atoms with van der Waals surface area (Å²) >= 11 is 0. The number of benzene rings is 1. The van der Waals surface area contributed by atoms with Gasteiger partial charge in [-0.1, -0.05) is 18.2 Å². The highest BCUT2D eigenvalue weighted by Gasteiger charge is 2.21. The van der Waals surface area contributed by atoms with Gasteiger partial charge in [0.2, 0.25) is 0 Å². The summed E-state index contributed by atoms with van der Waals surface area (Å²) < 4.78 is 0. The number of phenols is 1. The Hall–Kier alpha value is -1.32. The minimum Gasteiger partial charge on any atom is -0.508 e. The molecule has 1 aliphatic rings. The number of rotatable bonds is 0. The second-order valence-electron chi connectivity index (χ2n) is 3.11. The minimum atomic E-state index is -0.888. The van der Waals surface area contributed by atoms with Crippen LogP contribution in [0.4, 0.5) is 0 Å². The Balaban J connectivity index is 2.52. The SMILES string of the molecule is Oc1ccc2c(c1)C=CC(O)C2O. The molecule has 0 bridgehead atoms. The first-order valence-corrected chi connectivity index (χ1v) is 4.06. The summed E-state index contributed by atoms with van der Waals surface area (Å²) in [4.78, 5) is 0. The Bertz CT molecular complexity index is 357. The van der Waals surface area contributed by atoms with Crippen molar-refractivity contribution in [3.8, 4) is 5.75 Å². The standard InChI is InChI=1S/C10H10O3/c11-7-2-3-8-6(5-7)1-4-9(12)10(8)13/h1-5,9-13H. The van der Waals surface area contributed by atoms with Gasteiger partial charge in [-0.15, -0.1) is 0 Å². The third kappa shape index (κ3) is 1.32.